The van der Waals surface area contributed by atoms with E-state index in [4.69, 9.17) is 10.5 Å². The van der Waals surface area contributed by atoms with Gasteiger partial charge in [-0.1, -0.05) is 0 Å². The molecule has 0 aromatic rings. The summed E-state index contributed by atoms with van der Waals surface area (Å²) in [5, 5.41) is 4.71. The summed E-state index contributed by atoms with van der Waals surface area (Å²) < 4.78 is 4.76. The van der Waals surface area contributed by atoms with Crippen molar-refractivity contribution < 1.29 is 14.3 Å². The molecule has 4 N–H and O–H groups in total. The van der Waals surface area contributed by atoms with Crippen LogP contribution in [0, 0.1) is 0 Å². The molecule has 0 rings (SSSR count). The van der Waals surface area contributed by atoms with Gasteiger partial charge in [0, 0.05) is 7.05 Å². The fraction of sp³-hybridized carbons (Fsp3) is 0.667. The molecule has 0 fully saturated rings. The lowest BCUT2D eigenvalue weighted by atomic mass is 10.6. The molecule has 0 heterocycles. The number of nitrogens with one attached hydrogen (secondary N) is 2. The Morgan fingerprint density at radius 2 is 2.08 bits per heavy atom. The lowest BCUT2D eigenvalue weighted by Crippen LogP contribution is -2.33. The smallest absolute Gasteiger partial charge is 0.245 e. The number of amides is 2. The zero-order valence-corrected chi connectivity index (χ0v) is 6.92. The Hall–Kier alpha value is -1.14. The lowest BCUT2D eigenvalue weighted by Gasteiger charge is -2.03. The van der Waals surface area contributed by atoms with Gasteiger partial charge in [0.25, 0.3) is 0 Å². The standard InChI is InChI=1S/C6H13N3O3/c1-8-6(11)3-12-4-9-5(10)2-7/h2-4,7H2,1H3,(H,8,11)(H,9,10). The maximum Gasteiger partial charge on any atom is 0.245 e. The molecule has 0 aliphatic heterocycles. The van der Waals surface area contributed by atoms with E-state index < -0.39 is 0 Å². The molecule has 0 aliphatic rings. The number of hydrogen-bond acceptors (Lipinski definition) is 4. The first-order chi connectivity index (χ1) is 5.70. The van der Waals surface area contributed by atoms with Gasteiger partial charge in [-0.05, 0) is 0 Å². The van der Waals surface area contributed by atoms with Crippen molar-refractivity contribution in [3.63, 3.8) is 0 Å². The highest BCUT2D eigenvalue weighted by Crippen LogP contribution is 1.71. The van der Waals surface area contributed by atoms with Gasteiger partial charge in [0.15, 0.2) is 0 Å². The first-order valence-electron chi connectivity index (χ1n) is 3.45. The first-order valence-corrected chi connectivity index (χ1v) is 3.45. The number of carbonyl (C=O) groups is 2. The van der Waals surface area contributed by atoms with Gasteiger partial charge < -0.3 is 21.1 Å². The summed E-state index contributed by atoms with van der Waals surface area (Å²) >= 11 is 0. The van der Waals surface area contributed by atoms with E-state index in [9.17, 15) is 9.59 Å². The number of ether oxygens (including phenoxy) is 1. The van der Waals surface area contributed by atoms with Crippen LogP contribution in [0.15, 0.2) is 0 Å². The number of nitrogens with two attached hydrogens (primary N) is 1. The van der Waals surface area contributed by atoms with Gasteiger partial charge in [-0.15, -0.1) is 0 Å². The molecule has 6 nitrogen and oxygen atoms in total. The second-order valence-electron chi connectivity index (χ2n) is 1.97. The molecule has 2 amide bonds. The minimum atomic E-state index is -0.313. The van der Waals surface area contributed by atoms with Crippen LogP contribution in [0.25, 0.3) is 0 Å². The zero-order valence-electron chi connectivity index (χ0n) is 6.92. The number of carbonyl (C=O) groups excluding carboxylic acids is 2. The summed E-state index contributed by atoms with van der Waals surface area (Å²) in [5.41, 5.74) is 4.99. The highest BCUT2D eigenvalue weighted by Gasteiger charge is 1.98. The molecule has 12 heavy (non-hydrogen) atoms. The zero-order chi connectivity index (χ0) is 9.40. The van der Waals surface area contributed by atoms with Crippen molar-refractivity contribution in [1.82, 2.24) is 10.6 Å². The Balaban J connectivity index is 3.21. The summed E-state index contributed by atoms with van der Waals surface area (Å²) in [6.45, 7) is -0.145. The molecule has 0 spiro atoms. The molecule has 0 aromatic heterocycles. The van der Waals surface area contributed by atoms with Crippen molar-refractivity contribution in [2.45, 2.75) is 0 Å². The average Bonchev–Trinajstić information content (AvgIpc) is 2.11. The van der Waals surface area contributed by atoms with Crippen LogP contribution < -0.4 is 16.4 Å². The highest BCUT2D eigenvalue weighted by molar-refractivity contribution is 5.78. The van der Waals surface area contributed by atoms with Crippen LogP contribution in [0.1, 0.15) is 0 Å². The third-order valence-electron chi connectivity index (χ3n) is 1.07. The Labute approximate surface area is 70.4 Å². The van der Waals surface area contributed by atoms with Crippen LogP contribution in [0.5, 0.6) is 0 Å². The van der Waals surface area contributed by atoms with E-state index in [1.807, 2.05) is 0 Å². The van der Waals surface area contributed by atoms with Crippen LogP contribution >= 0.6 is 0 Å². The summed E-state index contributed by atoms with van der Waals surface area (Å²) in [4.78, 5) is 21.1. The predicted molar refractivity (Wildman–Crippen MR) is 42.1 cm³/mol. The monoisotopic (exact) mass is 175 g/mol. The van der Waals surface area contributed by atoms with Crippen LogP contribution in [0.2, 0.25) is 0 Å². The fourth-order valence-electron chi connectivity index (χ4n) is 0.420. The minimum Gasteiger partial charge on any atom is -0.357 e. The van der Waals surface area contributed by atoms with Crippen LogP contribution in [0.3, 0.4) is 0 Å². The van der Waals surface area contributed by atoms with Crippen molar-refractivity contribution in [2.24, 2.45) is 5.73 Å². The molecular formula is C6H13N3O3. The number of likely N-dealkylation sites (N-methyl/N-ethyl adjacent to an activating group) is 1. The summed E-state index contributed by atoms with van der Waals surface area (Å²) in [6.07, 6.45) is 0. The fourth-order valence-corrected chi connectivity index (χ4v) is 0.420. The van der Waals surface area contributed by atoms with Gasteiger partial charge in [-0.25, -0.2) is 0 Å². The summed E-state index contributed by atoms with van der Waals surface area (Å²) in [7, 11) is 1.50. The molecule has 0 saturated heterocycles. The van der Waals surface area contributed by atoms with Crippen molar-refractivity contribution in [3.05, 3.63) is 0 Å². The Morgan fingerprint density at radius 3 is 2.58 bits per heavy atom. The van der Waals surface area contributed by atoms with E-state index in [1.54, 1.807) is 0 Å². The molecule has 0 saturated carbocycles. The lowest BCUT2D eigenvalue weighted by molar-refractivity contribution is -0.128. The average molecular weight is 175 g/mol. The van der Waals surface area contributed by atoms with E-state index in [2.05, 4.69) is 10.6 Å². The molecule has 0 unspecified atom stereocenters. The van der Waals surface area contributed by atoms with Gasteiger partial charge in [0.1, 0.15) is 13.3 Å². The highest BCUT2D eigenvalue weighted by atomic mass is 16.5. The second kappa shape index (κ2) is 6.56. The van der Waals surface area contributed by atoms with Gasteiger partial charge in [-0.3, -0.25) is 9.59 Å². The predicted octanol–water partition coefficient (Wildman–Crippen LogP) is -2.22. The largest absolute Gasteiger partial charge is 0.357 e. The Morgan fingerprint density at radius 1 is 1.42 bits per heavy atom. The molecule has 0 radical (unpaired) electrons. The number of rotatable bonds is 5. The summed E-state index contributed by atoms with van der Waals surface area (Å²) in [6, 6.07) is 0. The van der Waals surface area contributed by atoms with Crippen LogP contribution in [-0.4, -0.2) is 38.7 Å². The van der Waals surface area contributed by atoms with Crippen molar-refractivity contribution >= 4 is 11.8 Å². The quantitative estimate of drug-likeness (QED) is 0.326. The third-order valence-corrected chi connectivity index (χ3v) is 1.07. The van der Waals surface area contributed by atoms with Gasteiger partial charge >= 0.3 is 0 Å². The van der Waals surface area contributed by atoms with Gasteiger partial charge in [0.05, 0.1) is 6.54 Å². The topological polar surface area (TPSA) is 93.5 Å². The Kier molecular flexibility index (Phi) is 5.94. The van der Waals surface area contributed by atoms with Gasteiger partial charge in [-0.2, -0.15) is 0 Å². The number of hydrogen-bond donors (Lipinski definition) is 3. The molecule has 0 atom stereocenters. The van der Waals surface area contributed by atoms with Crippen LogP contribution in [-0.2, 0) is 14.3 Å². The van der Waals surface area contributed by atoms with Gasteiger partial charge in [0.2, 0.25) is 11.8 Å². The summed E-state index contributed by atoms with van der Waals surface area (Å²) in [5.74, 6) is -0.552. The Bertz CT molecular complexity index is 142. The SMILES string of the molecule is CNC(=O)COCNC(=O)CN. The molecule has 0 bridgehead atoms. The van der Waals surface area contributed by atoms with Crippen LogP contribution in [0.4, 0.5) is 0 Å². The third kappa shape index (κ3) is 5.63. The van der Waals surface area contributed by atoms with E-state index in [1.165, 1.54) is 7.05 Å². The maximum absolute atomic E-state index is 10.6. The van der Waals surface area contributed by atoms with Crippen molar-refractivity contribution in [2.75, 3.05) is 26.9 Å². The molecule has 0 aliphatic carbocycles. The first kappa shape index (κ1) is 10.9. The normalized spacial score (nSPS) is 9.17. The maximum atomic E-state index is 10.6. The second-order valence-corrected chi connectivity index (χ2v) is 1.97. The molecule has 0 aromatic carbocycles. The van der Waals surface area contributed by atoms with Crippen molar-refractivity contribution in [1.29, 1.82) is 0 Å². The molecule has 6 heteroatoms. The molecular weight excluding hydrogens is 162 g/mol. The molecule has 70 valence electrons. The van der Waals surface area contributed by atoms with E-state index in [-0.39, 0.29) is 31.7 Å². The van der Waals surface area contributed by atoms with E-state index in [0.29, 0.717) is 0 Å². The minimum absolute atomic E-state index is 0.00343. The van der Waals surface area contributed by atoms with E-state index in [0.717, 1.165) is 0 Å². The van der Waals surface area contributed by atoms with E-state index >= 15 is 0 Å². The van der Waals surface area contributed by atoms with Crippen molar-refractivity contribution in [3.8, 4) is 0 Å².